The van der Waals surface area contributed by atoms with E-state index < -0.39 is 0 Å². The Morgan fingerprint density at radius 1 is 1.07 bits per heavy atom. The number of likely N-dealkylation sites (tertiary alicyclic amines) is 1. The Morgan fingerprint density at radius 3 is 2.62 bits per heavy atom. The van der Waals surface area contributed by atoms with Crippen molar-refractivity contribution in [2.75, 3.05) is 27.3 Å². The van der Waals surface area contributed by atoms with Crippen molar-refractivity contribution in [2.24, 2.45) is 0 Å². The molecule has 3 aromatic rings. The number of aromatic nitrogens is 2. The van der Waals surface area contributed by atoms with Crippen molar-refractivity contribution in [3.8, 4) is 17.4 Å². The van der Waals surface area contributed by atoms with Crippen LogP contribution >= 0.6 is 0 Å². The van der Waals surface area contributed by atoms with Crippen LogP contribution in [0.25, 0.3) is 10.8 Å². The summed E-state index contributed by atoms with van der Waals surface area (Å²) in [5, 5.41) is 10.1. The van der Waals surface area contributed by atoms with Gasteiger partial charge in [0, 0.05) is 42.8 Å². The molecule has 0 aliphatic carbocycles. The van der Waals surface area contributed by atoms with Crippen LogP contribution < -0.4 is 14.2 Å². The Hall–Kier alpha value is -3.35. The lowest BCUT2D eigenvalue weighted by Gasteiger charge is -2.32. The number of amides is 1. The highest BCUT2D eigenvalue weighted by molar-refractivity contribution is 5.97. The van der Waals surface area contributed by atoms with Gasteiger partial charge in [-0.3, -0.25) is 4.79 Å². The second-order valence-corrected chi connectivity index (χ2v) is 6.91. The van der Waals surface area contributed by atoms with Crippen molar-refractivity contribution in [1.82, 2.24) is 15.1 Å². The maximum Gasteiger partial charge on any atom is 0.257 e. The van der Waals surface area contributed by atoms with Crippen molar-refractivity contribution in [2.45, 2.75) is 18.9 Å². The number of benzene rings is 2. The molecular formula is C22H23N3O4. The van der Waals surface area contributed by atoms with Crippen LogP contribution in [-0.4, -0.2) is 54.4 Å². The largest absolute Gasteiger partial charge is 0.497 e. The van der Waals surface area contributed by atoms with Gasteiger partial charge in [0.25, 0.3) is 5.91 Å². The number of methoxy groups -OCH3 is 2. The van der Waals surface area contributed by atoms with E-state index in [2.05, 4.69) is 10.2 Å². The number of fused-ring (bicyclic) bond motifs is 1. The minimum Gasteiger partial charge on any atom is -0.497 e. The van der Waals surface area contributed by atoms with Gasteiger partial charge in [-0.25, -0.2) is 0 Å². The highest BCUT2D eigenvalue weighted by atomic mass is 16.5. The van der Waals surface area contributed by atoms with E-state index in [0.717, 1.165) is 23.6 Å². The molecule has 0 spiro atoms. The molecule has 4 rings (SSSR count). The molecule has 1 amide bonds. The number of nitrogens with zero attached hydrogens (tertiary/aromatic N) is 3. The first-order valence-corrected chi connectivity index (χ1v) is 9.58. The molecule has 0 N–H and O–H groups in total. The smallest absolute Gasteiger partial charge is 0.257 e. The number of ether oxygens (including phenoxy) is 3. The summed E-state index contributed by atoms with van der Waals surface area (Å²) in [5.74, 6) is 1.66. The molecule has 150 valence electrons. The number of carbonyl (C=O) groups is 1. The van der Waals surface area contributed by atoms with Crippen molar-refractivity contribution < 1.29 is 19.0 Å². The predicted molar refractivity (Wildman–Crippen MR) is 109 cm³/mol. The average Bonchev–Trinajstić information content (AvgIpc) is 2.79. The van der Waals surface area contributed by atoms with Crippen molar-refractivity contribution in [3.63, 3.8) is 0 Å². The van der Waals surface area contributed by atoms with E-state index in [1.54, 1.807) is 38.6 Å². The van der Waals surface area contributed by atoms with Crippen LogP contribution in [0.3, 0.4) is 0 Å². The number of rotatable bonds is 5. The Bertz CT molecular complexity index is 1010. The Kier molecular flexibility index (Phi) is 5.46. The number of hydrogen-bond acceptors (Lipinski definition) is 6. The van der Waals surface area contributed by atoms with Gasteiger partial charge >= 0.3 is 0 Å². The van der Waals surface area contributed by atoms with Crippen LogP contribution in [0.1, 0.15) is 23.2 Å². The molecule has 0 radical (unpaired) electrons. The first-order valence-electron chi connectivity index (χ1n) is 9.58. The molecule has 2 heterocycles. The molecule has 0 saturated carbocycles. The van der Waals surface area contributed by atoms with Gasteiger partial charge in [0.15, 0.2) is 0 Å². The zero-order valence-corrected chi connectivity index (χ0v) is 16.5. The highest BCUT2D eigenvalue weighted by Gasteiger charge is 2.27. The van der Waals surface area contributed by atoms with Crippen LogP contribution in [0.5, 0.6) is 17.4 Å². The third-order valence-corrected chi connectivity index (χ3v) is 5.18. The van der Waals surface area contributed by atoms with Gasteiger partial charge in [0.2, 0.25) is 5.88 Å². The summed E-state index contributed by atoms with van der Waals surface area (Å²) in [6.07, 6.45) is 3.19. The zero-order chi connectivity index (χ0) is 20.2. The fraction of sp³-hybridized carbons (Fsp3) is 0.318. The maximum absolute atomic E-state index is 13.0. The lowest BCUT2D eigenvalue weighted by Crippen LogP contribution is -2.42. The first kappa shape index (κ1) is 19.0. The van der Waals surface area contributed by atoms with Crippen LogP contribution in [-0.2, 0) is 0 Å². The molecule has 7 nitrogen and oxygen atoms in total. The number of hydrogen-bond donors (Lipinski definition) is 0. The van der Waals surface area contributed by atoms with Crippen molar-refractivity contribution >= 4 is 16.7 Å². The summed E-state index contributed by atoms with van der Waals surface area (Å²) in [7, 11) is 3.14. The third-order valence-electron chi connectivity index (χ3n) is 5.18. The average molecular weight is 393 g/mol. The Balaban J connectivity index is 1.42. The van der Waals surface area contributed by atoms with Crippen LogP contribution in [0.2, 0.25) is 0 Å². The third kappa shape index (κ3) is 3.94. The second kappa shape index (κ2) is 8.34. The molecule has 0 bridgehead atoms. The van der Waals surface area contributed by atoms with E-state index >= 15 is 0 Å². The normalized spacial score (nSPS) is 14.6. The van der Waals surface area contributed by atoms with E-state index in [1.807, 2.05) is 29.2 Å². The highest BCUT2D eigenvalue weighted by Crippen LogP contribution is 2.28. The molecule has 0 atom stereocenters. The summed E-state index contributed by atoms with van der Waals surface area (Å²) in [4.78, 5) is 14.8. The van der Waals surface area contributed by atoms with Gasteiger partial charge in [0.1, 0.15) is 17.6 Å². The minimum atomic E-state index is -0.0482. The van der Waals surface area contributed by atoms with Crippen molar-refractivity contribution in [3.05, 3.63) is 54.2 Å². The van der Waals surface area contributed by atoms with Crippen LogP contribution in [0.4, 0.5) is 0 Å². The topological polar surface area (TPSA) is 73.8 Å². The number of piperidine rings is 1. The molecule has 1 aliphatic rings. The molecule has 2 aromatic carbocycles. The minimum absolute atomic E-state index is 0.00285. The molecule has 1 aliphatic heterocycles. The van der Waals surface area contributed by atoms with Gasteiger partial charge in [-0.15, -0.1) is 5.10 Å². The lowest BCUT2D eigenvalue weighted by molar-refractivity contribution is 0.0586. The Morgan fingerprint density at radius 2 is 1.86 bits per heavy atom. The first-order chi connectivity index (χ1) is 14.2. The van der Waals surface area contributed by atoms with Gasteiger partial charge < -0.3 is 19.1 Å². The fourth-order valence-electron chi connectivity index (χ4n) is 3.57. The van der Waals surface area contributed by atoms with E-state index in [0.29, 0.717) is 36.0 Å². The molecule has 1 fully saturated rings. The maximum atomic E-state index is 13.0. The molecular weight excluding hydrogens is 370 g/mol. The van der Waals surface area contributed by atoms with Gasteiger partial charge in [-0.1, -0.05) is 18.2 Å². The summed E-state index contributed by atoms with van der Waals surface area (Å²) in [6.45, 7) is 1.22. The van der Waals surface area contributed by atoms with E-state index in [4.69, 9.17) is 14.2 Å². The summed E-state index contributed by atoms with van der Waals surface area (Å²) in [5.41, 5.74) is 0.535. The molecule has 1 aromatic heterocycles. The Labute approximate surface area is 169 Å². The second-order valence-electron chi connectivity index (χ2n) is 6.91. The summed E-state index contributed by atoms with van der Waals surface area (Å²) < 4.78 is 16.7. The van der Waals surface area contributed by atoms with Gasteiger partial charge in [-0.2, -0.15) is 5.10 Å². The lowest BCUT2D eigenvalue weighted by atomic mass is 10.1. The van der Waals surface area contributed by atoms with Gasteiger partial charge in [-0.05, 0) is 18.2 Å². The monoisotopic (exact) mass is 393 g/mol. The molecule has 0 unspecified atom stereocenters. The van der Waals surface area contributed by atoms with E-state index in [1.165, 1.54) is 0 Å². The fourth-order valence-corrected chi connectivity index (χ4v) is 3.57. The predicted octanol–water partition coefficient (Wildman–Crippen LogP) is 3.33. The molecule has 29 heavy (non-hydrogen) atoms. The molecule has 7 heteroatoms. The van der Waals surface area contributed by atoms with E-state index in [-0.39, 0.29) is 12.0 Å². The van der Waals surface area contributed by atoms with Crippen LogP contribution in [0.15, 0.2) is 48.7 Å². The standard InChI is InChI=1S/C22H23N3O4/c1-27-17-7-8-19(20(13-17)28-2)22(26)25-11-9-16(10-12-25)29-21-18-6-4-3-5-15(18)14-23-24-21/h3-8,13-14,16H,9-12H2,1-2H3. The molecule has 1 saturated heterocycles. The van der Waals surface area contributed by atoms with E-state index in [9.17, 15) is 4.79 Å². The van der Waals surface area contributed by atoms with Crippen LogP contribution in [0, 0.1) is 0 Å². The summed E-state index contributed by atoms with van der Waals surface area (Å²) >= 11 is 0. The summed E-state index contributed by atoms with van der Waals surface area (Å²) in [6, 6.07) is 13.1. The van der Waals surface area contributed by atoms with Gasteiger partial charge in [0.05, 0.1) is 26.0 Å². The SMILES string of the molecule is COc1ccc(C(=O)N2CCC(Oc3nncc4ccccc34)CC2)c(OC)c1. The quantitative estimate of drug-likeness (QED) is 0.662. The zero-order valence-electron chi connectivity index (χ0n) is 16.5. The number of carbonyl (C=O) groups excluding carboxylic acids is 1. The van der Waals surface area contributed by atoms with Crippen molar-refractivity contribution in [1.29, 1.82) is 0 Å².